The van der Waals surface area contributed by atoms with Gasteiger partial charge in [-0.3, -0.25) is 4.79 Å². The Morgan fingerprint density at radius 3 is 2.28 bits per heavy atom. The average Bonchev–Trinajstić information content (AvgIpc) is 3.24. The largest absolute Gasteiger partial charge is 0.514 e. The first-order chi connectivity index (χ1) is 15.1. The van der Waals surface area contributed by atoms with Gasteiger partial charge in [0.25, 0.3) is 0 Å². The SMILES string of the molecule is CC(C)(C)[N@+]1(C(=O)O)CCCC1C(=O)OCC(=O)c1ccc(OCc2ccccc2)cc1. The summed E-state index contributed by atoms with van der Waals surface area (Å²) in [7, 11) is 0. The van der Waals surface area contributed by atoms with Gasteiger partial charge in [0, 0.05) is 18.4 Å². The lowest BCUT2D eigenvalue weighted by atomic mass is 10.00. The molecule has 32 heavy (non-hydrogen) atoms. The van der Waals surface area contributed by atoms with E-state index in [1.54, 1.807) is 45.0 Å². The van der Waals surface area contributed by atoms with E-state index < -0.39 is 30.3 Å². The summed E-state index contributed by atoms with van der Waals surface area (Å²) in [4.78, 5) is 37.4. The lowest BCUT2D eigenvalue weighted by molar-refractivity contribution is -0.906. The van der Waals surface area contributed by atoms with Crippen molar-refractivity contribution in [1.82, 2.24) is 0 Å². The van der Waals surface area contributed by atoms with Gasteiger partial charge in [0.05, 0.1) is 6.54 Å². The quantitative estimate of drug-likeness (QED) is 0.389. The average molecular weight is 441 g/mol. The van der Waals surface area contributed by atoms with Crippen molar-refractivity contribution in [3.63, 3.8) is 0 Å². The number of rotatable bonds is 7. The Morgan fingerprint density at radius 1 is 1.03 bits per heavy atom. The minimum Gasteiger partial charge on any atom is -0.489 e. The number of hydrogen-bond acceptors (Lipinski definition) is 5. The predicted octanol–water partition coefficient (Wildman–Crippen LogP) is 4.45. The number of carbonyl (C=O) groups excluding carboxylic acids is 2. The van der Waals surface area contributed by atoms with E-state index in [0.29, 0.717) is 37.3 Å². The number of ketones is 1. The first kappa shape index (κ1) is 23.5. The number of carboxylic acid groups (broad SMARTS) is 1. The fraction of sp³-hybridized carbons (Fsp3) is 0.400. The Kier molecular flexibility index (Phi) is 6.99. The number of ether oxygens (including phenoxy) is 2. The number of nitrogens with zero attached hydrogens (tertiary/aromatic N) is 1. The van der Waals surface area contributed by atoms with Gasteiger partial charge in [-0.05, 0) is 50.6 Å². The molecule has 1 aliphatic heterocycles. The van der Waals surface area contributed by atoms with Crippen LogP contribution in [-0.2, 0) is 16.1 Å². The molecule has 0 aliphatic carbocycles. The van der Waals surface area contributed by atoms with E-state index in [4.69, 9.17) is 9.47 Å². The molecule has 0 aromatic heterocycles. The van der Waals surface area contributed by atoms with Crippen molar-refractivity contribution in [3.05, 3.63) is 65.7 Å². The Morgan fingerprint density at radius 2 is 1.69 bits per heavy atom. The van der Waals surface area contributed by atoms with Crippen LogP contribution in [0.15, 0.2) is 54.6 Å². The lowest BCUT2D eigenvalue weighted by Gasteiger charge is -2.43. The molecular weight excluding hydrogens is 410 g/mol. The van der Waals surface area contributed by atoms with Crippen molar-refractivity contribution >= 4 is 17.8 Å². The van der Waals surface area contributed by atoms with Crippen LogP contribution >= 0.6 is 0 Å². The van der Waals surface area contributed by atoms with Crippen molar-refractivity contribution < 1.29 is 33.4 Å². The van der Waals surface area contributed by atoms with E-state index in [2.05, 4.69) is 0 Å². The molecule has 2 aromatic rings. The molecule has 170 valence electrons. The van der Waals surface area contributed by atoms with Crippen LogP contribution in [0.25, 0.3) is 0 Å². The highest BCUT2D eigenvalue weighted by Crippen LogP contribution is 2.37. The predicted molar refractivity (Wildman–Crippen MR) is 118 cm³/mol. The van der Waals surface area contributed by atoms with Gasteiger partial charge in [0.15, 0.2) is 18.4 Å². The summed E-state index contributed by atoms with van der Waals surface area (Å²) in [5.41, 5.74) is 0.759. The topological polar surface area (TPSA) is 89.9 Å². The normalized spacial score (nSPS) is 20.5. The molecule has 0 spiro atoms. The number of benzene rings is 2. The molecule has 1 saturated heterocycles. The summed E-state index contributed by atoms with van der Waals surface area (Å²) < 4.78 is 10.6. The van der Waals surface area contributed by atoms with Crippen LogP contribution in [0, 0.1) is 0 Å². The summed E-state index contributed by atoms with van der Waals surface area (Å²) in [5.74, 6) is -0.367. The molecule has 0 radical (unpaired) electrons. The molecule has 1 amide bonds. The van der Waals surface area contributed by atoms with Gasteiger partial charge in [-0.2, -0.15) is 4.79 Å². The number of likely N-dealkylation sites (tertiary alicyclic amines) is 1. The Hall–Kier alpha value is -3.19. The monoisotopic (exact) mass is 440 g/mol. The van der Waals surface area contributed by atoms with Crippen molar-refractivity contribution in [1.29, 1.82) is 0 Å². The van der Waals surface area contributed by atoms with Gasteiger partial charge in [-0.25, -0.2) is 9.28 Å². The smallest absolute Gasteiger partial charge is 0.489 e. The molecule has 7 nitrogen and oxygen atoms in total. The summed E-state index contributed by atoms with van der Waals surface area (Å²) >= 11 is 0. The second-order valence-corrected chi connectivity index (χ2v) is 9.03. The number of Topliss-reactive ketones (excluding diaryl/α,β-unsaturated/α-hetero) is 1. The zero-order valence-corrected chi connectivity index (χ0v) is 18.7. The zero-order valence-electron chi connectivity index (χ0n) is 18.7. The van der Waals surface area contributed by atoms with Crippen molar-refractivity contribution in [2.24, 2.45) is 0 Å². The van der Waals surface area contributed by atoms with E-state index >= 15 is 0 Å². The Labute approximate surface area is 188 Å². The molecule has 1 unspecified atom stereocenters. The number of hydrogen-bond donors (Lipinski definition) is 1. The van der Waals surface area contributed by atoms with E-state index in [9.17, 15) is 19.5 Å². The summed E-state index contributed by atoms with van der Waals surface area (Å²) in [6.07, 6.45) is -0.0134. The third kappa shape index (κ3) is 4.83. The number of carbonyl (C=O) groups is 3. The van der Waals surface area contributed by atoms with Crippen LogP contribution in [0.4, 0.5) is 4.79 Å². The highest BCUT2D eigenvalue weighted by Gasteiger charge is 2.59. The van der Waals surface area contributed by atoms with E-state index in [1.165, 1.54) is 0 Å². The van der Waals surface area contributed by atoms with Gasteiger partial charge in [0.1, 0.15) is 17.9 Å². The lowest BCUT2D eigenvalue weighted by Crippen LogP contribution is -2.67. The van der Waals surface area contributed by atoms with E-state index in [1.807, 2.05) is 30.3 Å². The molecular formula is C25H30NO6+. The van der Waals surface area contributed by atoms with Crippen LogP contribution in [0.3, 0.4) is 0 Å². The van der Waals surface area contributed by atoms with Crippen LogP contribution in [-0.4, -0.2) is 52.2 Å². The molecule has 1 aliphatic rings. The van der Waals surface area contributed by atoms with Gasteiger partial charge in [-0.15, -0.1) is 0 Å². The van der Waals surface area contributed by atoms with Crippen molar-refractivity contribution in [2.75, 3.05) is 13.2 Å². The van der Waals surface area contributed by atoms with Gasteiger partial charge in [-0.1, -0.05) is 30.3 Å². The molecule has 0 saturated carbocycles. The fourth-order valence-electron chi connectivity index (χ4n) is 4.32. The minimum atomic E-state index is -1.05. The first-order valence-electron chi connectivity index (χ1n) is 10.7. The van der Waals surface area contributed by atoms with Crippen LogP contribution in [0.5, 0.6) is 5.75 Å². The highest BCUT2D eigenvalue weighted by molar-refractivity contribution is 5.98. The molecule has 1 fully saturated rings. The maximum absolute atomic E-state index is 12.7. The first-order valence-corrected chi connectivity index (χ1v) is 10.7. The summed E-state index contributed by atoms with van der Waals surface area (Å²) in [6, 6.07) is 15.6. The maximum atomic E-state index is 12.7. The summed E-state index contributed by atoms with van der Waals surface area (Å²) in [5, 5.41) is 9.90. The maximum Gasteiger partial charge on any atom is 0.514 e. The van der Waals surface area contributed by atoms with Crippen LogP contribution in [0.1, 0.15) is 49.5 Å². The van der Waals surface area contributed by atoms with Gasteiger partial charge in [0.2, 0.25) is 0 Å². The third-order valence-corrected chi connectivity index (χ3v) is 6.10. The van der Waals surface area contributed by atoms with Crippen molar-refractivity contribution in [3.8, 4) is 5.75 Å². The van der Waals surface area contributed by atoms with Crippen LogP contribution < -0.4 is 4.74 Å². The Bertz CT molecular complexity index is 964. The second-order valence-electron chi connectivity index (χ2n) is 9.03. The zero-order chi connectivity index (χ0) is 23.4. The molecule has 3 rings (SSSR count). The molecule has 1 N–H and O–H groups in total. The third-order valence-electron chi connectivity index (χ3n) is 6.10. The minimum absolute atomic E-state index is 0.352. The van der Waals surface area contributed by atoms with Crippen LogP contribution in [0.2, 0.25) is 0 Å². The fourth-order valence-corrected chi connectivity index (χ4v) is 4.32. The highest BCUT2D eigenvalue weighted by atomic mass is 16.5. The standard InChI is InChI=1S/C25H29NO6/c1-25(2,3)26(24(29)30)15-7-10-21(26)23(28)32-17-22(27)19-11-13-20(14-12-19)31-16-18-8-5-4-6-9-18/h4-6,8-9,11-14,21H,7,10,15-17H2,1-3H3/p+1/t21?,26-/m1/s1. The number of amides is 1. The summed E-state index contributed by atoms with van der Waals surface area (Å²) in [6.45, 7) is 5.77. The van der Waals surface area contributed by atoms with Crippen molar-refractivity contribution in [2.45, 2.75) is 51.8 Å². The molecule has 1 heterocycles. The molecule has 7 heteroatoms. The number of esters is 1. The molecule has 2 atom stereocenters. The number of quaternary nitrogens is 1. The molecule has 0 bridgehead atoms. The van der Waals surface area contributed by atoms with E-state index in [-0.39, 0.29) is 10.3 Å². The van der Waals surface area contributed by atoms with Gasteiger partial charge >= 0.3 is 12.1 Å². The molecule has 2 aromatic carbocycles. The Balaban J connectivity index is 1.58. The van der Waals surface area contributed by atoms with E-state index in [0.717, 1.165) is 5.56 Å². The second kappa shape index (κ2) is 9.53. The van der Waals surface area contributed by atoms with Gasteiger partial charge < -0.3 is 14.6 Å².